The van der Waals surface area contributed by atoms with Crippen LogP contribution in [0.2, 0.25) is 0 Å². The number of carbonyl (C=O) groups is 1. The summed E-state index contributed by atoms with van der Waals surface area (Å²) in [5.74, 6) is 0.0472. The third-order valence-corrected chi connectivity index (χ3v) is 8.50. The van der Waals surface area contributed by atoms with E-state index in [1.54, 1.807) is 16.4 Å². The topological polar surface area (TPSA) is 66.5 Å². The van der Waals surface area contributed by atoms with E-state index in [4.69, 9.17) is 0 Å². The molecule has 1 N–H and O–H groups in total. The summed E-state index contributed by atoms with van der Waals surface area (Å²) in [5.41, 5.74) is 2.38. The van der Waals surface area contributed by atoms with Gasteiger partial charge in [-0.15, -0.1) is 0 Å². The van der Waals surface area contributed by atoms with Gasteiger partial charge in [-0.1, -0.05) is 48.9 Å². The second kappa shape index (κ2) is 8.90. The maximum absolute atomic E-state index is 12.6. The van der Waals surface area contributed by atoms with Crippen LogP contribution < -0.4 is 5.32 Å². The number of rotatable bonds is 8. The predicted octanol–water partition coefficient (Wildman–Crippen LogP) is 3.64. The summed E-state index contributed by atoms with van der Waals surface area (Å²) in [6.07, 6.45) is 6.30. The Kier molecular flexibility index (Phi) is 6.25. The number of benzene rings is 2. The molecule has 4 rings (SSSR count). The third kappa shape index (κ3) is 4.44. The minimum Gasteiger partial charge on any atom is -0.355 e. The molecule has 2 aromatic rings. The molecule has 0 bridgehead atoms. The van der Waals surface area contributed by atoms with Gasteiger partial charge in [-0.25, -0.2) is 8.42 Å². The van der Waals surface area contributed by atoms with Crippen molar-refractivity contribution in [3.05, 3.63) is 65.7 Å². The van der Waals surface area contributed by atoms with Crippen LogP contribution in [0, 0.1) is 0 Å². The Balaban J connectivity index is 1.29. The molecular formula is C24H30N2O3S. The molecule has 0 unspecified atom stereocenters. The first kappa shape index (κ1) is 21.1. The van der Waals surface area contributed by atoms with Gasteiger partial charge in [-0.3, -0.25) is 4.79 Å². The molecule has 2 fully saturated rings. The highest BCUT2D eigenvalue weighted by Gasteiger charge is 2.38. The fourth-order valence-corrected chi connectivity index (χ4v) is 6.00. The second-order valence-corrected chi connectivity index (χ2v) is 10.5. The average molecular weight is 427 g/mol. The molecule has 1 aliphatic carbocycles. The zero-order valence-electron chi connectivity index (χ0n) is 17.3. The lowest BCUT2D eigenvalue weighted by Crippen LogP contribution is -2.45. The second-order valence-electron chi connectivity index (χ2n) is 8.53. The Morgan fingerprint density at radius 1 is 0.933 bits per heavy atom. The monoisotopic (exact) mass is 426 g/mol. The minimum absolute atomic E-state index is 0.0472. The van der Waals surface area contributed by atoms with E-state index in [0.29, 0.717) is 37.4 Å². The lowest BCUT2D eigenvalue weighted by Gasteiger charge is -2.42. The molecule has 2 aliphatic rings. The molecule has 0 aromatic heterocycles. The maximum atomic E-state index is 12.6. The van der Waals surface area contributed by atoms with Crippen LogP contribution in [0.15, 0.2) is 59.5 Å². The molecule has 0 radical (unpaired) electrons. The normalized spacial score (nSPS) is 18.7. The number of nitrogens with zero attached hydrogens (tertiary/aromatic N) is 1. The first-order valence-corrected chi connectivity index (χ1v) is 12.4. The molecular weight excluding hydrogens is 396 g/mol. The lowest BCUT2D eigenvalue weighted by molar-refractivity contribution is -0.121. The van der Waals surface area contributed by atoms with Crippen LogP contribution in [-0.4, -0.2) is 38.3 Å². The van der Waals surface area contributed by atoms with E-state index in [-0.39, 0.29) is 11.3 Å². The van der Waals surface area contributed by atoms with Gasteiger partial charge in [0.05, 0.1) is 4.90 Å². The molecule has 1 saturated carbocycles. The highest BCUT2D eigenvalue weighted by molar-refractivity contribution is 7.89. The van der Waals surface area contributed by atoms with E-state index >= 15 is 0 Å². The quantitative estimate of drug-likeness (QED) is 0.701. The fourth-order valence-electron chi connectivity index (χ4n) is 4.48. The molecule has 0 atom stereocenters. The van der Waals surface area contributed by atoms with Gasteiger partial charge in [0.15, 0.2) is 0 Å². The van der Waals surface area contributed by atoms with Gasteiger partial charge in [0.2, 0.25) is 15.9 Å². The Bertz CT molecular complexity index is 961. The van der Waals surface area contributed by atoms with Crippen molar-refractivity contribution in [1.29, 1.82) is 0 Å². The number of amides is 1. The van der Waals surface area contributed by atoms with Gasteiger partial charge in [0, 0.05) is 31.5 Å². The molecule has 1 heterocycles. The van der Waals surface area contributed by atoms with Gasteiger partial charge >= 0.3 is 0 Å². The van der Waals surface area contributed by atoms with Crippen LogP contribution in [0.4, 0.5) is 0 Å². The van der Waals surface area contributed by atoms with E-state index in [2.05, 4.69) is 29.6 Å². The van der Waals surface area contributed by atoms with E-state index in [0.717, 1.165) is 31.2 Å². The lowest BCUT2D eigenvalue weighted by atomic mass is 9.64. The zero-order chi connectivity index (χ0) is 21.0. The van der Waals surface area contributed by atoms with Crippen LogP contribution >= 0.6 is 0 Å². The van der Waals surface area contributed by atoms with Crippen molar-refractivity contribution in [2.24, 2.45) is 0 Å². The molecule has 1 aliphatic heterocycles. The van der Waals surface area contributed by atoms with Crippen molar-refractivity contribution in [2.75, 3.05) is 19.6 Å². The number of carbonyl (C=O) groups excluding carboxylic acids is 1. The smallest absolute Gasteiger partial charge is 0.243 e. The number of nitrogens with one attached hydrogen (secondary N) is 1. The third-order valence-electron chi connectivity index (χ3n) is 6.59. The van der Waals surface area contributed by atoms with Crippen molar-refractivity contribution in [2.45, 2.75) is 55.3 Å². The Morgan fingerprint density at radius 2 is 1.60 bits per heavy atom. The van der Waals surface area contributed by atoms with Crippen molar-refractivity contribution < 1.29 is 13.2 Å². The van der Waals surface area contributed by atoms with E-state index in [9.17, 15) is 13.2 Å². The van der Waals surface area contributed by atoms with Gasteiger partial charge < -0.3 is 5.32 Å². The van der Waals surface area contributed by atoms with Gasteiger partial charge in [0.25, 0.3) is 0 Å². The Morgan fingerprint density at radius 3 is 2.20 bits per heavy atom. The molecule has 30 heavy (non-hydrogen) atoms. The van der Waals surface area contributed by atoms with E-state index in [1.807, 2.05) is 18.2 Å². The van der Waals surface area contributed by atoms with Gasteiger partial charge in [-0.05, 0) is 55.4 Å². The first-order valence-electron chi connectivity index (χ1n) is 10.9. The highest BCUT2D eigenvalue weighted by Crippen LogP contribution is 2.43. The summed E-state index contributed by atoms with van der Waals surface area (Å²) in [5, 5.41) is 3.13. The standard InChI is InChI=1S/C24H30N2O3S/c27-23(25-19-24(15-6-16-24)21-7-2-1-3-8-21)14-11-20-9-12-22(13-10-20)30(28,29)26-17-4-5-18-26/h1-3,7-10,12-13H,4-6,11,14-19H2,(H,25,27). The summed E-state index contributed by atoms with van der Waals surface area (Å²) in [6.45, 7) is 1.90. The van der Waals surface area contributed by atoms with Crippen LogP contribution in [0.3, 0.4) is 0 Å². The Labute approximate surface area is 179 Å². The average Bonchev–Trinajstić information content (AvgIpc) is 3.28. The molecule has 6 heteroatoms. The molecule has 160 valence electrons. The van der Waals surface area contributed by atoms with Gasteiger partial charge in [-0.2, -0.15) is 4.31 Å². The summed E-state index contributed by atoms with van der Waals surface area (Å²) >= 11 is 0. The summed E-state index contributed by atoms with van der Waals surface area (Å²) in [4.78, 5) is 12.8. The number of hydrogen-bond donors (Lipinski definition) is 1. The number of aryl methyl sites for hydroxylation is 1. The molecule has 1 amide bonds. The Hall–Kier alpha value is -2.18. The molecule has 5 nitrogen and oxygen atoms in total. The van der Waals surface area contributed by atoms with Crippen molar-refractivity contribution >= 4 is 15.9 Å². The van der Waals surface area contributed by atoms with Crippen LogP contribution in [-0.2, 0) is 26.7 Å². The molecule has 0 spiro atoms. The predicted molar refractivity (Wildman–Crippen MR) is 118 cm³/mol. The minimum atomic E-state index is -3.38. The van der Waals surface area contributed by atoms with Crippen molar-refractivity contribution in [3.8, 4) is 0 Å². The van der Waals surface area contributed by atoms with Crippen molar-refractivity contribution in [3.63, 3.8) is 0 Å². The number of hydrogen-bond acceptors (Lipinski definition) is 3. The summed E-state index contributed by atoms with van der Waals surface area (Å²) in [7, 11) is -3.38. The molecule has 2 aromatic carbocycles. The largest absolute Gasteiger partial charge is 0.355 e. The van der Waals surface area contributed by atoms with E-state index in [1.165, 1.54) is 12.0 Å². The molecule has 1 saturated heterocycles. The van der Waals surface area contributed by atoms with Crippen LogP contribution in [0.5, 0.6) is 0 Å². The van der Waals surface area contributed by atoms with Gasteiger partial charge in [0.1, 0.15) is 0 Å². The van der Waals surface area contributed by atoms with E-state index < -0.39 is 10.0 Å². The maximum Gasteiger partial charge on any atom is 0.243 e. The zero-order valence-corrected chi connectivity index (χ0v) is 18.2. The number of sulfonamides is 1. The fraction of sp³-hybridized carbons (Fsp3) is 0.458. The van der Waals surface area contributed by atoms with Crippen LogP contribution in [0.25, 0.3) is 0 Å². The summed E-state index contributed by atoms with van der Waals surface area (Å²) in [6, 6.07) is 17.4. The summed E-state index contributed by atoms with van der Waals surface area (Å²) < 4.78 is 26.8. The SMILES string of the molecule is O=C(CCc1ccc(S(=O)(=O)N2CCCC2)cc1)NCC1(c2ccccc2)CCC1. The van der Waals surface area contributed by atoms with Crippen LogP contribution in [0.1, 0.15) is 49.7 Å². The van der Waals surface area contributed by atoms with Crippen molar-refractivity contribution in [1.82, 2.24) is 9.62 Å². The first-order chi connectivity index (χ1) is 14.5. The highest BCUT2D eigenvalue weighted by atomic mass is 32.2.